The van der Waals surface area contributed by atoms with E-state index in [0.29, 0.717) is 5.76 Å². The molecule has 1 aliphatic carbocycles. The van der Waals surface area contributed by atoms with Crippen LogP contribution in [0.4, 0.5) is 0 Å². The molecule has 18 nitrogen and oxygen atoms in total. The zero-order chi connectivity index (χ0) is 38.8. The van der Waals surface area contributed by atoms with Gasteiger partial charge in [0.15, 0.2) is 0 Å². The second-order valence-electron chi connectivity index (χ2n) is 13.5. The largest absolute Gasteiger partial charge is 0.481 e. The van der Waals surface area contributed by atoms with Crippen molar-refractivity contribution >= 4 is 47.4 Å². The van der Waals surface area contributed by atoms with Crippen molar-refractivity contribution in [3.05, 3.63) is 24.2 Å². The van der Waals surface area contributed by atoms with E-state index in [0.717, 1.165) is 32.1 Å². The molecule has 0 unspecified atom stereocenters. The highest BCUT2D eigenvalue weighted by atomic mass is 16.4. The maximum Gasteiger partial charge on any atom is 0.325 e. The standard InChI is InChI=1S/C34H53N7O11/c1-19(2)14-24(31(47)37-20(3)34(50)51)39-33(49)26(16-29(44)45)41-32(48)25(15-21-8-5-4-6-9-21)40-30(46)23(11-12-27(35)42)38-28(43)18-36-17-22-10-7-13-52-22/h7,10,13,19-21,23-26,36H,4-6,8-9,11-12,14-18H2,1-3H3,(H2,35,42)(H,37,47)(H,38,43)(H,39,49)(H,40,46)(H,41,48)(H,44,45)(H,50,51)/t20-,23-,24-,25-,26-/m0/s1. The minimum atomic E-state index is -1.68. The molecule has 1 heterocycles. The average Bonchev–Trinajstić information content (AvgIpc) is 3.59. The summed E-state index contributed by atoms with van der Waals surface area (Å²) < 4.78 is 5.21. The van der Waals surface area contributed by atoms with E-state index in [9.17, 15) is 48.6 Å². The van der Waals surface area contributed by atoms with Gasteiger partial charge in [0.2, 0.25) is 35.4 Å². The van der Waals surface area contributed by atoms with E-state index in [4.69, 9.17) is 10.2 Å². The second kappa shape index (κ2) is 22.0. The molecule has 0 bridgehead atoms. The molecule has 5 atom stereocenters. The number of hydrogen-bond acceptors (Lipinski definition) is 10. The van der Waals surface area contributed by atoms with E-state index in [1.807, 2.05) is 0 Å². The Balaban J connectivity index is 2.26. The SMILES string of the molecule is CC(C)C[C@H](NC(=O)[C@H](CC(=O)O)NC(=O)[C@H](CC1CCCCC1)NC(=O)[C@H](CCC(N)=O)NC(=O)CNCc1ccco1)C(=O)N[C@@H](C)C(=O)O. The van der Waals surface area contributed by atoms with Gasteiger partial charge >= 0.3 is 11.9 Å². The number of carbonyl (C=O) groups excluding carboxylic acids is 6. The Bertz CT molecular complexity index is 1380. The highest BCUT2D eigenvalue weighted by molar-refractivity contribution is 5.97. The van der Waals surface area contributed by atoms with Crippen molar-refractivity contribution in [2.45, 2.75) is 122 Å². The Morgan fingerprint density at radius 2 is 1.40 bits per heavy atom. The van der Waals surface area contributed by atoms with E-state index in [-0.39, 0.29) is 50.6 Å². The van der Waals surface area contributed by atoms with Gasteiger partial charge in [-0.15, -0.1) is 0 Å². The van der Waals surface area contributed by atoms with Gasteiger partial charge in [0.05, 0.1) is 25.8 Å². The lowest BCUT2D eigenvalue weighted by atomic mass is 9.84. The maximum absolute atomic E-state index is 13.8. The number of aliphatic carboxylic acids is 2. The summed E-state index contributed by atoms with van der Waals surface area (Å²) in [5.74, 6) is -7.07. The summed E-state index contributed by atoms with van der Waals surface area (Å²) in [6, 6.07) is -3.34. The van der Waals surface area contributed by atoms with Crippen LogP contribution in [0, 0.1) is 11.8 Å². The van der Waals surface area contributed by atoms with Gasteiger partial charge in [-0.2, -0.15) is 0 Å². The van der Waals surface area contributed by atoms with Crippen LogP contribution in [-0.4, -0.2) is 94.3 Å². The van der Waals surface area contributed by atoms with Gasteiger partial charge in [0.25, 0.3) is 0 Å². The van der Waals surface area contributed by atoms with E-state index in [1.165, 1.54) is 13.2 Å². The molecule has 1 aliphatic rings. The first-order chi connectivity index (χ1) is 24.5. The summed E-state index contributed by atoms with van der Waals surface area (Å²) >= 11 is 0. The molecule has 1 fully saturated rings. The molecule has 0 radical (unpaired) electrons. The first kappa shape index (κ1) is 43.2. The molecule has 1 saturated carbocycles. The zero-order valence-electron chi connectivity index (χ0n) is 29.9. The van der Waals surface area contributed by atoms with Crippen molar-refractivity contribution < 1.29 is 53.0 Å². The molecule has 0 aromatic carbocycles. The van der Waals surface area contributed by atoms with Crippen LogP contribution in [-0.2, 0) is 44.9 Å². The topological polar surface area (TPSA) is 288 Å². The number of primary amides is 1. The third-order valence-electron chi connectivity index (χ3n) is 8.50. The van der Waals surface area contributed by atoms with Gasteiger partial charge in [-0.25, -0.2) is 0 Å². The van der Waals surface area contributed by atoms with Crippen LogP contribution >= 0.6 is 0 Å². The predicted octanol–water partition coefficient (Wildman–Crippen LogP) is -0.346. The summed E-state index contributed by atoms with van der Waals surface area (Å²) in [5.41, 5.74) is 5.31. The number of furan rings is 1. The van der Waals surface area contributed by atoms with Gasteiger partial charge in [-0.3, -0.25) is 38.4 Å². The fourth-order valence-electron chi connectivity index (χ4n) is 5.78. The Morgan fingerprint density at radius 1 is 0.808 bits per heavy atom. The molecule has 52 heavy (non-hydrogen) atoms. The molecule has 2 rings (SSSR count). The lowest BCUT2D eigenvalue weighted by Gasteiger charge is -2.29. The molecule has 6 amide bonds. The Morgan fingerprint density at radius 3 is 1.98 bits per heavy atom. The van der Waals surface area contributed by atoms with E-state index < -0.39 is 84.0 Å². The third kappa shape index (κ3) is 16.3. The normalized spacial score (nSPS) is 16.0. The van der Waals surface area contributed by atoms with Gasteiger partial charge in [-0.1, -0.05) is 46.0 Å². The van der Waals surface area contributed by atoms with Gasteiger partial charge < -0.3 is 52.3 Å². The summed E-state index contributed by atoms with van der Waals surface area (Å²) in [7, 11) is 0. The number of carbonyl (C=O) groups is 8. The number of carboxylic acid groups (broad SMARTS) is 2. The quantitative estimate of drug-likeness (QED) is 0.0698. The van der Waals surface area contributed by atoms with Gasteiger partial charge in [-0.05, 0) is 50.2 Å². The van der Waals surface area contributed by atoms with Crippen LogP contribution in [0.5, 0.6) is 0 Å². The van der Waals surface area contributed by atoms with Gasteiger partial charge in [0, 0.05) is 6.42 Å². The summed E-state index contributed by atoms with van der Waals surface area (Å²) in [5, 5.41) is 34.0. The number of nitrogens with two attached hydrogens (primary N) is 1. The highest BCUT2D eigenvalue weighted by Gasteiger charge is 2.34. The molecule has 1 aromatic heterocycles. The molecule has 18 heteroatoms. The first-order valence-corrected chi connectivity index (χ1v) is 17.5. The number of nitrogens with one attached hydrogen (secondary N) is 6. The minimum absolute atomic E-state index is 0.0105. The molecule has 0 spiro atoms. The molecular weight excluding hydrogens is 682 g/mol. The van der Waals surface area contributed by atoms with Crippen LogP contribution in [0.25, 0.3) is 0 Å². The average molecular weight is 736 g/mol. The minimum Gasteiger partial charge on any atom is -0.481 e. The summed E-state index contributed by atoms with van der Waals surface area (Å²) in [6.45, 7) is 4.80. The predicted molar refractivity (Wildman–Crippen MR) is 185 cm³/mol. The van der Waals surface area contributed by atoms with Crippen molar-refractivity contribution in [3.8, 4) is 0 Å². The number of amides is 6. The monoisotopic (exact) mass is 735 g/mol. The van der Waals surface area contributed by atoms with Crippen LogP contribution in [0.1, 0.15) is 90.7 Å². The Kier molecular flexibility index (Phi) is 18.3. The fraction of sp³-hybridized carbons (Fsp3) is 0.647. The van der Waals surface area contributed by atoms with E-state index in [2.05, 4.69) is 31.9 Å². The summed E-state index contributed by atoms with van der Waals surface area (Å²) in [6.07, 6.45) is 4.74. The van der Waals surface area contributed by atoms with Crippen molar-refractivity contribution in [1.29, 1.82) is 0 Å². The van der Waals surface area contributed by atoms with Gasteiger partial charge in [0.1, 0.15) is 36.0 Å². The molecule has 0 aliphatic heterocycles. The lowest BCUT2D eigenvalue weighted by molar-refractivity contribution is -0.143. The van der Waals surface area contributed by atoms with Crippen molar-refractivity contribution in [2.24, 2.45) is 17.6 Å². The molecular formula is C34H53N7O11. The maximum atomic E-state index is 13.8. The Labute approximate surface area is 302 Å². The smallest absolute Gasteiger partial charge is 0.325 e. The van der Waals surface area contributed by atoms with Crippen LogP contribution in [0.15, 0.2) is 22.8 Å². The number of hydrogen-bond donors (Lipinski definition) is 9. The third-order valence-corrected chi connectivity index (χ3v) is 8.50. The number of rotatable bonds is 23. The first-order valence-electron chi connectivity index (χ1n) is 17.5. The second-order valence-corrected chi connectivity index (χ2v) is 13.5. The molecule has 10 N–H and O–H groups in total. The van der Waals surface area contributed by atoms with Crippen LogP contribution < -0.4 is 37.6 Å². The molecule has 0 saturated heterocycles. The van der Waals surface area contributed by atoms with Crippen LogP contribution in [0.2, 0.25) is 0 Å². The van der Waals surface area contributed by atoms with Crippen molar-refractivity contribution in [1.82, 2.24) is 31.9 Å². The van der Waals surface area contributed by atoms with Crippen molar-refractivity contribution in [3.63, 3.8) is 0 Å². The summed E-state index contributed by atoms with van der Waals surface area (Å²) in [4.78, 5) is 101. The highest BCUT2D eigenvalue weighted by Crippen LogP contribution is 2.27. The van der Waals surface area contributed by atoms with E-state index >= 15 is 0 Å². The zero-order valence-corrected chi connectivity index (χ0v) is 29.9. The van der Waals surface area contributed by atoms with Crippen molar-refractivity contribution in [2.75, 3.05) is 6.54 Å². The van der Waals surface area contributed by atoms with E-state index in [1.54, 1.807) is 26.0 Å². The molecule has 290 valence electrons. The lowest BCUT2D eigenvalue weighted by Crippen LogP contribution is -2.59. The van der Waals surface area contributed by atoms with Crippen LogP contribution in [0.3, 0.4) is 0 Å². The fourth-order valence-corrected chi connectivity index (χ4v) is 5.78. The Hall–Kier alpha value is -5.00. The molecule has 1 aromatic rings. The number of carboxylic acids is 2.